The maximum atomic E-state index is 9.20. The third-order valence-electron chi connectivity index (χ3n) is 2.92. The van der Waals surface area contributed by atoms with Gasteiger partial charge in [-0.15, -0.1) is 0 Å². The van der Waals surface area contributed by atoms with Crippen LogP contribution in [0.15, 0.2) is 22.8 Å². The van der Waals surface area contributed by atoms with E-state index in [1.165, 1.54) is 19.3 Å². The molecule has 1 aromatic rings. The van der Waals surface area contributed by atoms with Crippen molar-refractivity contribution in [3.63, 3.8) is 0 Å². The molecule has 2 rings (SSSR count). The van der Waals surface area contributed by atoms with Crippen LogP contribution in [-0.4, -0.2) is 24.3 Å². The van der Waals surface area contributed by atoms with Gasteiger partial charge in [-0.25, -0.2) is 0 Å². The average molecular weight is 195 g/mol. The molecule has 0 saturated heterocycles. The van der Waals surface area contributed by atoms with Gasteiger partial charge >= 0.3 is 0 Å². The summed E-state index contributed by atoms with van der Waals surface area (Å²) >= 11 is 0. The standard InChI is InChI=1S/C11H17NO2/c13-8-9(11-5-2-6-14-11)7-12-10-3-1-4-10/h2,5-6,9-10,12-13H,1,3-4,7-8H2. The first-order valence-corrected chi connectivity index (χ1v) is 5.28. The molecule has 1 saturated carbocycles. The Morgan fingerprint density at radius 2 is 2.43 bits per heavy atom. The van der Waals surface area contributed by atoms with E-state index in [0.29, 0.717) is 6.04 Å². The molecule has 3 nitrogen and oxygen atoms in total. The number of furan rings is 1. The van der Waals surface area contributed by atoms with Crippen LogP contribution in [0.25, 0.3) is 0 Å². The largest absolute Gasteiger partial charge is 0.469 e. The maximum Gasteiger partial charge on any atom is 0.110 e. The van der Waals surface area contributed by atoms with E-state index in [0.717, 1.165) is 12.3 Å². The minimum absolute atomic E-state index is 0.102. The van der Waals surface area contributed by atoms with Crippen LogP contribution < -0.4 is 5.32 Å². The molecule has 0 aromatic carbocycles. The molecule has 3 heteroatoms. The van der Waals surface area contributed by atoms with Crippen LogP contribution in [0.1, 0.15) is 30.9 Å². The van der Waals surface area contributed by atoms with Crippen molar-refractivity contribution < 1.29 is 9.52 Å². The monoisotopic (exact) mass is 195 g/mol. The molecule has 1 unspecified atom stereocenters. The van der Waals surface area contributed by atoms with Crippen molar-refractivity contribution in [2.24, 2.45) is 0 Å². The van der Waals surface area contributed by atoms with Gasteiger partial charge in [-0.3, -0.25) is 0 Å². The zero-order chi connectivity index (χ0) is 9.80. The Morgan fingerprint density at radius 3 is 2.93 bits per heavy atom. The second-order valence-electron chi connectivity index (χ2n) is 3.93. The summed E-state index contributed by atoms with van der Waals surface area (Å²) in [7, 11) is 0. The third-order valence-corrected chi connectivity index (χ3v) is 2.92. The molecule has 1 fully saturated rings. The molecule has 14 heavy (non-hydrogen) atoms. The Hall–Kier alpha value is -0.800. The molecule has 1 aliphatic rings. The van der Waals surface area contributed by atoms with Gasteiger partial charge in [-0.2, -0.15) is 0 Å². The second-order valence-corrected chi connectivity index (χ2v) is 3.93. The molecule has 2 N–H and O–H groups in total. The Labute approximate surface area is 84.1 Å². The van der Waals surface area contributed by atoms with Gasteiger partial charge in [-0.05, 0) is 25.0 Å². The van der Waals surface area contributed by atoms with Crippen LogP contribution in [0.4, 0.5) is 0 Å². The van der Waals surface area contributed by atoms with Crippen molar-refractivity contribution >= 4 is 0 Å². The Bertz CT molecular complexity index is 254. The summed E-state index contributed by atoms with van der Waals surface area (Å²) in [4.78, 5) is 0. The van der Waals surface area contributed by atoms with Crippen molar-refractivity contribution in [1.82, 2.24) is 5.32 Å². The average Bonchev–Trinajstić information content (AvgIpc) is 2.62. The summed E-state index contributed by atoms with van der Waals surface area (Å²) in [6.45, 7) is 0.960. The van der Waals surface area contributed by atoms with Crippen LogP contribution in [0.5, 0.6) is 0 Å². The number of aliphatic hydroxyl groups is 1. The highest BCUT2D eigenvalue weighted by atomic mass is 16.3. The lowest BCUT2D eigenvalue weighted by Crippen LogP contribution is -2.38. The van der Waals surface area contributed by atoms with E-state index >= 15 is 0 Å². The topological polar surface area (TPSA) is 45.4 Å². The summed E-state index contributed by atoms with van der Waals surface area (Å²) in [5.74, 6) is 0.977. The highest BCUT2D eigenvalue weighted by Gasteiger charge is 2.19. The molecule has 0 aliphatic heterocycles. The summed E-state index contributed by atoms with van der Waals surface area (Å²) in [6, 6.07) is 4.45. The lowest BCUT2D eigenvalue weighted by molar-refractivity contribution is 0.232. The van der Waals surface area contributed by atoms with Gasteiger partial charge < -0.3 is 14.8 Å². The summed E-state index contributed by atoms with van der Waals surface area (Å²) in [5.41, 5.74) is 0. The lowest BCUT2D eigenvalue weighted by atomic mass is 9.92. The van der Waals surface area contributed by atoms with Crippen LogP contribution in [0.2, 0.25) is 0 Å². The number of nitrogens with one attached hydrogen (secondary N) is 1. The number of hydrogen-bond donors (Lipinski definition) is 2. The molecule has 0 spiro atoms. The first-order chi connectivity index (χ1) is 6.90. The zero-order valence-corrected chi connectivity index (χ0v) is 8.28. The minimum atomic E-state index is 0.102. The fraction of sp³-hybridized carbons (Fsp3) is 0.636. The maximum absolute atomic E-state index is 9.20. The predicted octanol–water partition coefficient (Wildman–Crippen LogP) is 1.50. The minimum Gasteiger partial charge on any atom is -0.469 e. The van der Waals surface area contributed by atoms with Crippen LogP contribution in [-0.2, 0) is 0 Å². The fourth-order valence-electron chi connectivity index (χ4n) is 1.70. The summed E-state index contributed by atoms with van der Waals surface area (Å²) < 4.78 is 5.27. The zero-order valence-electron chi connectivity index (χ0n) is 8.28. The van der Waals surface area contributed by atoms with Gasteiger partial charge in [0.25, 0.3) is 0 Å². The summed E-state index contributed by atoms with van der Waals surface area (Å²) in [6.07, 6.45) is 5.54. The molecule has 1 aromatic heterocycles. The number of aliphatic hydroxyl groups excluding tert-OH is 1. The van der Waals surface area contributed by atoms with E-state index in [1.807, 2.05) is 12.1 Å². The Kier molecular flexibility index (Phi) is 3.22. The predicted molar refractivity (Wildman–Crippen MR) is 54.2 cm³/mol. The Morgan fingerprint density at radius 1 is 1.57 bits per heavy atom. The molecule has 1 aliphatic carbocycles. The van der Waals surface area contributed by atoms with Crippen LogP contribution >= 0.6 is 0 Å². The van der Waals surface area contributed by atoms with Crippen LogP contribution in [0, 0.1) is 0 Å². The molecular formula is C11H17NO2. The molecule has 0 radical (unpaired) electrons. The van der Waals surface area contributed by atoms with E-state index in [4.69, 9.17) is 4.42 Å². The van der Waals surface area contributed by atoms with Crippen molar-refractivity contribution in [3.05, 3.63) is 24.2 Å². The smallest absolute Gasteiger partial charge is 0.110 e. The Balaban J connectivity index is 1.80. The van der Waals surface area contributed by atoms with Gasteiger partial charge in [0.1, 0.15) is 5.76 Å². The van der Waals surface area contributed by atoms with E-state index in [1.54, 1.807) is 6.26 Å². The van der Waals surface area contributed by atoms with E-state index in [-0.39, 0.29) is 12.5 Å². The first kappa shape index (κ1) is 9.74. The highest BCUT2D eigenvalue weighted by molar-refractivity contribution is 5.06. The fourth-order valence-corrected chi connectivity index (χ4v) is 1.70. The van der Waals surface area contributed by atoms with Gasteiger partial charge in [0.2, 0.25) is 0 Å². The van der Waals surface area contributed by atoms with Crippen molar-refractivity contribution in [2.45, 2.75) is 31.2 Å². The van der Waals surface area contributed by atoms with Crippen molar-refractivity contribution in [3.8, 4) is 0 Å². The molecule has 78 valence electrons. The van der Waals surface area contributed by atoms with Gasteiger partial charge in [0, 0.05) is 12.6 Å². The van der Waals surface area contributed by atoms with E-state index in [9.17, 15) is 5.11 Å². The quantitative estimate of drug-likeness (QED) is 0.748. The SMILES string of the molecule is OCC(CNC1CCC1)c1ccco1. The van der Waals surface area contributed by atoms with Gasteiger partial charge in [-0.1, -0.05) is 6.42 Å². The highest BCUT2D eigenvalue weighted by Crippen LogP contribution is 2.20. The van der Waals surface area contributed by atoms with E-state index in [2.05, 4.69) is 5.32 Å². The van der Waals surface area contributed by atoms with Crippen molar-refractivity contribution in [1.29, 1.82) is 0 Å². The van der Waals surface area contributed by atoms with Gasteiger partial charge in [0.15, 0.2) is 0 Å². The van der Waals surface area contributed by atoms with Crippen molar-refractivity contribution in [2.75, 3.05) is 13.2 Å². The number of hydrogen-bond acceptors (Lipinski definition) is 3. The summed E-state index contributed by atoms with van der Waals surface area (Å²) in [5, 5.41) is 12.6. The first-order valence-electron chi connectivity index (χ1n) is 5.28. The van der Waals surface area contributed by atoms with E-state index < -0.39 is 0 Å². The molecule has 1 atom stereocenters. The van der Waals surface area contributed by atoms with Gasteiger partial charge in [0.05, 0.1) is 18.8 Å². The molecule has 1 heterocycles. The molecule has 0 amide bonds. The normalized spacial score (nSPS) is 19.2. The lowest BCUT2D eigenvalue weighted by Gasteiger charge is -2.28. The number of rotatable bonds is 5. The molecular weight excluding hydrogens is 178 g/mol. The molecule has 0 bridgehead atoms. The van der Waals surface area contributed by atoms with Crippen LogP contribution in [0.3, 0.4) is 0 Å². The third kappa shape index (κ3) is 2.16. The second kappa shape index (κ2) is 4.62.